The molecule has 0 aliphatic carbocycles. The van der Waals surface area contributed by atoms with Gasteiger partial charge in [0.2, 0.25) is 0 Å². The highest BCUT2D eigenvalue weighted by Gasteiger charge is 2.17. The van der Waals surface area contributed by atoms with Crippen molar-refractivity contribution >= 4 is 21.2 Å². The lowest BCUT2D eigenvalue weighted by Crippen LogP contribution is -2.20. The molecule has 0 N–H and O–H groups in total. The first kappa shape index (κ1) is 18.0. The minimum absolute atomic E-state index is 0.390. The van der Waals surface area contributed by atoms with Crippen molar-refractivity contribution in [3.8, 4) is 5.75 Å². The first-order valence-electron chi connectivity index (χ1n) is 7.32. The van der Waals surface area contributed by atoms with Crippen molar-refractivity contribution in [3.05, 3.63) is 29.8 Å². The molecule has 0 fully saturated rings. The van der Waals surface area contributed by atoms with Gasteiger partial charge in [0, 0.05) is 0 Å². The maximum absolute atomic E-state index is 11.6. The van der Waals surface area contributed by atoms with E-state index in [0.717, 1.165) is 30.5 Å². The molecule has 0 atom stereocenters. The third-order valence-electron chi connectivity index (χ3n) is 2.79. The summed E-state index contributed by atoms with van der Waals surface area (Å²) in [4.78, 5) is 23.1. The Balaban J connectivity index is 2.50. The number of carbonyl (C=O) groups excluding carboxylic acids is 2. The molecule has 0 saturated heterocycles. The quantitative estimate of drug-likeness (QED) is 0.552. The summed E-state index contributed by atoms with van der Waals surface area (Å²) in [5.74, 6) is 0.390. The molecule has 0 spiro atoms. The number of rotatable bonds is 6. The van der Waals surface area contributed by atoms with Gasteiger partial charge in [-0.3, -0.25) is 0 Å². The van der Waals surface area contributed by atoms with Crippen molar-refractivity contribution in [2.75, 3.05) is 0 Å². The van der Waals surface area contributed by atoms with Crippen molar-refractivity contribution in [3.63, 3.8) is 0 Å². The van der Waals surface area contributed by atoms with Gasteiger partial charge in [-0.05, 0) is 30.6 Å². The summed E-state index contributed by atoms with van der Waals surface area (Å²) in [6, 6.07) is 8.76. The third-order valence-corrected chi connectivity index (χ3v) is 5.37. The number of para-hydroxylation sites is 1. The zero-order valence-corrected chi connectivity index (χ0v) is 14.2. The summed E-state index contributed by atoms with van der Waals surface area (Å²) in [6.07, 6.45) is 0.144. The fraction of sp³-hybridized carbons (Fsp3) is 0.467. The zero-order chi connectivity index (χ0) is 16.4. The van der Waals surface area contributed by atoms with Gasteiger partial charge >= 0.3 is 12.2 Å². The molecule has 0 heterocycles. The van der Waals surface area contributed by atoms with Gasteiger partial charge in [-0.15, -0.1) is 0 Å². The average Bonchev–Trinajstić information content (AvgIpc) is 2.48. The van der Waals surface area contributed by atoms with Crippen LogP contribution in [0.1, 0.15) is 32.3 Å². The van der Waals surface area contributed by atoms with E-state index >= 15 is 0 Å². The number of ether oxygens (including phenoxy) is 1. The van der Waals surface area contributed by atoms with Crippen LogP contribution in [-0.2, 0) is 4.43 Å². The van der Waals surface area contributed by atoms with Crippen LogP contribution in [0.25, 0.3) is 0 Å². The standard InChI is InChI=1S/C15H21N2O4Si/c1-4-10-22(11-5-2)21-15(19)17-16-14(18)20-13-9-7-6-8-12(13)3/h6-9H,4-5,10-11H2,1-3H3. The molecule has 1 aromatic rings. The number of hydrogen-bond donors (Lipinski definition) is 0. The van der Waals surface area contributed by atoms with Crippen molar-refractivity contribution in [1.82, 2.24) is 0 Å². The van der Waals surface area contributed by atoms with Gasteiger partial charge in [0.1, 0.15) is 5.75 Å². The van der Waals surface area contributed by atoms with Crippen molar-refractivity contribution in [2.24, 2.45) is 10.2 Å². The SMILES string of the molecule is CCC[Si](CCC)OC(=O)N=NC(=O)Oc1ccccc1C. The van der Waals surface area contributed by atoms with E-state index in [0.29, 0.717) is 5.75 Å². The van der Waals surface area contributed by atoms with Crippen LogP contribution in [0.15, 0.2) is 34.5 Å². The van der Waals surface area contributed by atoms with Crippen LogP contribution in [0.4, 0.5) is 9.59 Å². The lowest BCUT2D eigenvalue weighted by atomic mass is 10.2. The maximum atomic E-state index is 11.6. The molecule has 1 aromatic carbocycles. The Morgan fingerprint density at radius 3 is 2.23 bits per heavy atom. The molecule has 0 saturated carbocycles. The van der Waals surface area contributed by atoms with E-state index < -0.39 is 21.2 Å². The highest BCUT2D eigenvalue weighted by Crippen LogP contribution is 2.16. The first-order valence-corrected chi connectivity index (χ1v) is 9.14. The summed E-state index contributed by atoms with van der Waals surface area (Å²) in [5, 5.41) is 6.51. The van der Waals surface area contributed by atoms with E-state index in [1.807, 2.05) is 19.9 Å². The van der Waals surface area contributed by atoms with Gasteiger partial charge in [-0.1, -0.05) is 55.1 Å². The lowest BCUT2D eigenvalue weighted by molar-refractivity contribution is 0.200. The molecule has 0 aromatic heterocycles. The smallest absolute Gasteiger partial charge is 0.458 e. The van der Waals surface area contributed by atoms with E-state index in [-0.39, 0.29) is 0 Å². The average molecular weight is 321 g/mol. The molecule has 7 heteroatoms. The summed E-state index contributed by atoms with van der Waals surface area (Å²) in [6.45, 7) is 5.88. The normalized spacial score (nSPS) is 10.9. The van der Waals surface area contributed by atoms with Crippen LogP contribution in [0, 0.1) is 6.92 Å². The number of benzene rings is 1. The molecule has 0 aliphatic heterocycles. The van der Waals surface area contributed by atoms with Crippen LogP contribution in [0.5, 0.6) is 5.75 Å². The van der Waals surface area contributed by atoms with Gasteiger partial charge < -0.3 is 9.16 Å². The molecule has 0 aliphatic rings. The van der Waals surface area contributed by atoms with Gasteiger partial charge in [0.15, 0.2) is 0 Å². The molecule has 22 heavy (non-hydrogen) atoms. The van der Waals surface area contributed by atoms with Crippen LogP contribution >= 0.6 is 0 Å². The Morgan fingerprint density at radius 1 is 1.05 bits per heavy atom. The molecule has 1 radical (unpaired) electrons. The third kappa shape index (κ3) is 6.62. The second-order valence-electron chi connectivity index (χ2n) is 4.74. The Labute approximate surface area is 132 Å². The van der Waals surface area contributed by atoms with E-state index in [4.69, 9.17) is 9.16 Å². The van der Waals surface area contributed by atoms with Crippen molar-refractivity contribution < 1.29 is 18.8 Å². The maximum Gasteiger partial charge on any atom is 0.458 e. The van der Waals surface area contributed by atoms with E-state index in [1.54, 1.807) is 25.1 Å². The summed E-state index contributed by atoms with van der Waals surface area (Å²) in [7, 11) is -1.21. The molecule has 0 unspecified atom stereocenters. The first-order chi connectivity index (χ1) is 10.6. The second-order valence-corrected chi connectivity index (χ2v) is 7.02. The van der Waals surface area contributed by atoms with Crippen LogP contribution in [0.3, 0.4) is 0 Å². The van der Waals surface area contributed by atoms with Crippen LogP contribution in [0.2, 0.25) is 12.1 Å². The number of nitrogens with zero attached hydrogens (tertiary/aromatic N) is 2. The minimum atomic E-state index is -1.21. The summed E-state index contributed by atoms with van der Waals surface area (Å²) in [5.41, 5.74) is 0.796. The fourth-order valence-corrected chi connectivity index (χ4v) is 3.65. The number of amides is 2. The van der Waals surface area contributed by atoms with Gasteiger partial charge in [-0.2, -0.15) is 0 Å². The number of carbonyl (C=O) groups is 2. The Morgan fingerprint density at radius 2 is 1.64 bits per heavy atom. The van der Waals surface area contributed by atoms with Gasteiger partial charge in [-0.25, -0.2) is 9.59 Å². The predicted molar refractivity (Wildman–Crippen MR) is 84.5 cm³/mol. The van der Waals surface area contributed by atoms with Crippen LogP contribution < -0.4 is 4.74 Å². The zero-order valence-electron chi connectivity index (χ0n) is 13.2. The molecule has 1 rings (SSSR count). The molecular formula is C15H21N2O4Si. The Hall–Kier alpha value is -2.02. The van der Waals surface area contributed by atoms with Gasteiger partial charge in [0.25, 0.3) is 9.04 Å². The molecular weight excluding hydrogens is 300 g/mol. The van der Waals surface area contributed by atoms with Crippen molar-refractivity contribution in [2.45, 2.75) is 45.7 Å². The molecule has 0 bridgehead atoms. The van der Waals surface area contributed by atoms with Gasteiger partial charge in [0.05, 0.1) is 0 Å². The largest absolute Gasteiger partial charge is 0.499 e. The van der Waals surface area contributed by atoms with Crippen LogP contribution in [-0.4, -0.2) is 21.2 Å². The van der Waals surface area contributed by atoms with E-state index in [9.17, 15) is 9.59 Å². The highest BCUT2D eigenvalue weighted by atomic mass is 28.3. The molecule has 6 nitrogen and oxygen atoms in total. The highest BCUT2D eigenvalue weighted by molar-refractivity contribution is 6.53. The minimum Gasteiger partial charge on any atom is -0.499 e. The fourth-order valence-electron chi connectivity index (χ4n) is 1.80. The second kappa shape index (κ2) is 9.83. The summed E-state index contributed by atoms with van der Waals surface area (Å²) >= 11 is 0. The number of azo groups is 1. The number of aryl methyl sites for hydroxylation is 1. The Bertz CT molecular complexity index is 528. The predicted octanol–water partition coefficient (Wildman–Crippen LogP) is 4.89. The monoisotopic (exact) mass is 321 g/mol. The van der Waals surface area contributed by atoms with Crippen molar-refractivity contribution in [1.29, 1.82) is 0 Å². The Kier molecular flexibility index (Phi) is 8.06. The lowest BCUT2D eigenvalue weighted by Gasteiger charge is -2.10. The van der Waals surface area contributed by atoms with E-state index in [1.165, 1.54) is 0 Å². The molecule has 2 amide bonds. The van der Waals surface area contributed by atoms with E-state index in [2.05, 4.69) is 10.2 Å². The topological polar surface area (TPSA) is 77.3 Å². The summed E-state index contributed by atoms with van der Waals surface area (Å²) < 4.78 is 10.2. The molecule has 119 valence electrons. The number of hydrogen-bond acceptors (Lipinski definition) is 4.